The molecule has 4 heterocycles. The normalized spacial score (nSPS) is 52.7. The Bertz CT molecular complexity index is 931. The van der Waals surface area contributed by atoms with Crippen molar-refractivity contribution in [1.29, 1.82) is 0 Å². The molecule has 0 radical (unpaired) electrons. The maximum Gasteiger partial charge on any atom is 0.219 e. The lowest BCUT2D eigenvalue weighted by Crippen LogP contribution is -2.63. The zero-order chi connectivity index (χ0) is 33.4. The van der Waals surface area contributed by atoms with Gasteiger partial charge in [-0.1, -0.05) is 0 Å². The lowest BCUT2D eigenvalue weighted by molar-refractivity contribution is -0.350. The smallest absolute Gasteiger partial charge is 0.219 e. The van der Waals surface area contributed by atoms with Crippen LogP contribution in [0.2, 0.25) is 0 Å². The van der Waals surface area contributed by atoms with Crippen molar-refractivity contribution in [3.05, 3.63) is 0 Å². The highest BCUT2D eigenvalue weighted by atomic mass is 16.8. The van der Waals surface area contributed by atoms with Crippen molar-refractivity contribution in [1.82, 2.24) is 0 Å². The van der Waals surface area contributed by atoms with Gasteiger partial charge in [-0.2, -0.15) is 0 Å². The summed E-state index contributed by atoms with van der Waals surface area (Å²) in [6, 6.07) is 0. The number of aliphatic hydroxyl groups excluding tert-OH is 13. The van der Waals surface area contributed by atoms with Crippen molar-refractivity contribution in [2.45, 2.75) is 116 Å². The van der Waals surface area contributed by atoms with Crippen LogP contribution in [0, 0.1) is 0 Å². The lowest BCUT2D eigenvalue weighted by atomic mass is 9.98. The fourth-order valence-electron chi connectivity index (χ4n) is 5.31. The van der Waals surface area contributed by atoms with Crippen LogP contribution in [-0.4, -0.2) is 221 Å². The van der Waals surface area contributed by atoms with Gasteiger partial charge in [-0.15, -0.1) is 0 Å². The third kappa shape index (κ3) is 7.59. The fraction of sp³-hybridized carbons (Fsp3) is 1.00. The van der Waals surface area contributed by atoms with E-state index in [1.165, 1.54) is 0 Å². The van der Waals surface area contributed by atoms with Gasteiger partial charge in [-0.3, -0.25) is 0 Å². The molecule has 0 unspecified atom stereocenters. The molecule has 0 aliphatic carbocycles. The monoisotopic (exact) mass is 666 g/mol. The standard InChI is InChI=1S/C24H42O21/c25-1-6-10(27)14(31)17(34)21(42-6)39-3-8-11(28)15(32)18(35)22(43-8)40-4-9-12(29)16(33)19(36)23(44-9)41-5-24(38)20(37)13(30)7(2-26)45-24/h6-23,25-38H,1-5H2/t6-,7-,8-,9-,10+,11+,12-,13-,14+,15+,16+,17-,18-,19-,20+,21+,22+,23+,24-/m1/s1. The van der Waals surface area contributed by atoms with E-state index in [1.807, 2.05) is 0 Å². The molecule has 0 amide bonds. The molecule has 45 heavy (non-hydrogen) atoms. The second kappa shape index (κ2) is 15.1. The van der Waals surface area contributed by atoms with Gasteiger partial charge in [0.15, 0.2) is 18.9 Å². The van der Waals surface area contributed by atoms with E-state index >= 15 is 0 Å². The first-order valence-electron chi connectivity index (χ1n) is 14.1. The number of hydrogen-bond acceptors (Lipinski definition) is 21. The summed E-state index contributed by atoms with van der Waals surface area (Å²) in [4.78, 5) is 0. The highest BCUT2D eigenvalue weighted by Crippen LogP contribution is 2.32. The molecule has 21 nitrogen and oxygen atoms in total. The molecular weight excluding hydrogens is 624 g/mol. The van der Waals surface area contributed by atoms with Crippen LogP contribution >= 0.6 is 0 Å². The van der Waals surface area contributed by atoms with E-state index in [2.05, 4.69) is 0 Å². The number of aliphatic hydroxyl groups is 14. The summed E-state index contributed by atoms with van der Waals surface area (Å²) in [5.41, 5.74) is 0. The molecule has 14 N–H and O–H groups in total. The minimum atomic E-state index is -2.55. The molecular formula is C24H42O21. The van der Waals surface area contributed by atoms with E-state index < -0.39 is 149 Å². The Hall–Kier alpha value is -0.840. The lowest BCUT2D eigenvalue weighted by Gasteiger charge is -2.44. The van der Waals surface area contributed by atoms with Gasteiger partial charge in [0.25, 0.3) is 0 Å². The van der Waals surface area contributed by atoms with Crippen LogP contribution in [0.25, 0.3) is 0 Å². The van der Waals surface area contributed by atoms with Crippen molar-refractivity contribution in [2.75, 3.05) is 33.0 Å². The molecule has 0 bridgehead atoms. The molecule has 21 heteroatoms. The fourth-order valence-corrected chi connectivity index (χ4v) is 5.31. The highest BCUT2D eigenvalue weighted by Gasteiger charge is 2.55. The molecule has 19 atom stereocenters. The maximum atomic E-state index is 10.5. The Labute approximate surface area is 254 Å². The van der Waals surface area contributed by atoms with Crippen molar-refractivity contribution in [3.8, 4) is 0 Å². The Morgan fingerprint density at radius 3 is 1.22 bits per heavy atom. The minimum absolute atomic E-state index is 0.639. The summed E-state index contributed by atoms with van der Waals surface area (Å²) in [6.45, 7) is -3.77. The molecule has 0 aromatic rings. The van der Waals surface area contributed by atoms with Crippen molar-refractivity contribution in [3.63, 3.8) is 0 Å². The van der Waals surface area contributed by atoms with Gasteiger partial charge < -0.3 is 105 Å². The quantitative estimate of drug-likeness (QED) is 0.0973. The summed E-state index contributed by atoms with van der Waals surface area (Å²) in [5, 5.41) is 141. The average molecular weight is 667 g/mol. The highest BCUT2D eigenvalue weighted by molar-refractivity contribution is 4.97. The molecule has 4 rings (SSSR count). The Kier molecular flexibility index (Phi) is 12.5. The number of ether oxygens (including phenoxy) is 7. The van der Waals surface area contributed by atoms with Gasteiger partial charge in [0.2, 0.25) is 5.79 Å². The van der Waals surface area contributed by atoms with E-state index in [4.69, 9.17) is 33.2 Å². The number of hydrogen-bond donors (Lipinski definition) is 14. The second-order valence-corrected chi connectivity index (χ2v) is 11.3. The van der Waals surface area contributed by atoms with Crippen LogP contribution in [-0.2, 0) is 33.2 Å². The summed E-state index contributed by atoms with van der Waals surface area (Å²) in [6.07, 6.45) is -30.8. The van der Waals surface area contributed by atoms with E-state index in [0.29, 0.717) is 0 Å². The maximum absolute atomic E-state index is 10.5. The van der Waals surface area contributed by atoms with Crippen LogP contribution < -0.4 is 0 Å². The average Bonchev–Trinajstić information content (AvgIpc) is 3.25. The SMILES string of the molecule is OC[C@H]1O[C@H](OC[C@H]2O[C@H](OC[C@H]3O[C@H](OC[C@@]4(O)O[C@H](CO)[C@@H](O)[C@@H]4O)[C@H](O)[C@@H](O)[C@@H]3O)[C@H](O)[C@@H](O)[C@H]2O)[C@H](O)[C@@H](O)[C@H]1O. The largest absolute Gasteiger partial charge is 0.394 e. The van der Waals surface area contributed by atoms with Gasteiger partial charge in [0.1, 0.15) is 98.2 Å². The molecule has 4 fully saturated rings. The van der Waals surface area contributed by atoms with E-state index in [9.17, 15) is 71.5 Å². The van der Waals surface area contributed by atoms with E-state index in [1.54, 1.807) is 0 Å². The predicted molar refractivity (Wildman–Crippen MR) is 134 cm³/mol. The van der Waals surface area contributed by atoms with Crippen LogP contribution in [0.15, 0.2) is 0 Å². The Morgan fingerprint density at radius 2 is 0.822 bits per heavy atom. The summed E-state index contributed by atoms with van der Waals surface area (Å²) in [5.74, 6) is -2.55. The van der Waals surface area contributed by atoms with E-state index in [0.717, 1.165) is 0 Å². The molecule has 0 aromatic heterocycles. The molecule has 0 aromatic carbocycles. The number of rotatable bonds is 11. The third-order valence-corrected chi connectivity index (χ3v) is 8.19. The van der Waals surface area contributed by atoms with Gasteiger partial charge >= 0.3 is 0 Å². The van der Waals surface area contributed by atoms with Gasteiger partial charge in [-0.05, 0) is 0 Å². The summed E-state index contributed by atoms with van der Waals surface area (Å²) < 4.78 is 37.2. The molecule has 0 saturated carbocycles. The zero-order valence-electron chi connectivity index (χ0n) is 23.5. The van der Waals surface area contributed by atoms with Crippen LogP contribution in [0.1, 0.15) is 0 Å². The van der Waals surface area contributed by atoms with Crippen LogP contribution in [0.5, 0.6) is 0 Å². The molecule has 0 spiro atoms. The summed E-state index contributed by atoms with van der Waals surface area (Å²) >= 11 is 0. The van der Waals surface area contributed by atoms with Gasteiger partial charge in [0, 0.05) is 0 Å². The summed E-state index contributed by atoms with van der Waals surface area (Å²) in [7, 11) is 0. The molecule has 4 aliphatic rings. The van der Waals surface area contributed by atoms with Crippen molar-refractivity contribution >= 4 is 0 Å². The second-order valence-electron chi connectivity index (χ2n) is 11.3. The van der Waals surface area contributed by atoms with Crippen LogP contribution in [0.3, 0.4) is 0 Å². The first-order valence-corrected chi connectivity index (χ1v) is 14.1. The molecule has 4 saturated heterocycles. The van der Waals surface area contributed by atoms with E-state index in [-0.39, 0.29) is 0 Å². The third-order valence-electron chi connectivity index (χ3n) is 8.19. The van der Waals surface area contributed by atoms with Gasteiger partial charge in [-0.25, -0.2) is 0 Å². The first kappa shape index (κ1) is 37.0. The molecule has 264 valence electrons. The zero-order valence-corrected chi connectivity index (χ0v) is 23.5. The topological polar surface area (TPSA) is 348 Å². The molecule has 4 aliphatic heterocycles. The Balaban J connectivity index is 1.34. The van der Waals surface area contributed by atoms with Crippen molar-refractivity contribution < 1.29 is 105 Å². The predicted octanol–water partition coefficient (Wildman–Crippen LogP) is -9.75. The van der Waals surface area contributed by atoms with Crippen molar-refractivity contribution in [2.24, 2.45) is 0 Å². The first-order chi connectivity index (χ1) is 21.1. The Morgan fingerprint density at radius 1 is 0.444 bits per heavy atom. The minimum Gasteiger partial charge on any atom is -0.394 e. The van der Waals surface area contributed by atoms with Crippen LogP contribution in [0.4, 0.5) is 0 Å². The van der Waals surface area contributed by atoms with Gasteiger partial charge in [0.05, 0.1) is 26.4 Å².